The monoisotopic (exact) mass is 372 g/mol. The van der Waals surface area contributed by atoms with Gasteiger partial charge in [-0.2, -0.15) is 0 Å². The first kappa shape index (κ1) is 18.9. The third-order valence-electron chi connectivity index (χ3n) is 8.62. The van der Waals surface area contributed by atoms with Crippen LogP contribution in [0.25, 0.3) is 0 Å². The molecule has 0 aromatic heterocycles. The molecule has 0 bridgehead atoms. The summed E-state index contributed by atoms with van der Waals surface area (Å²) in [6.45, 7) is 8.47. The number of carbonyl (C=O) groups excluding carboxylic acids is 3. The number of rotatable bonds is 2. The second-order valence-corrected chi connectivity index (χ2v) is 9.88. The van der Waals surface area contributed by atoms with Crippen LogP contribution in [0.4, 0.5) is 0 Å². The highest BCUT2D eigenvalue weighted by Gasteiger charge is 2.63. The average molecular weight is 373 g/mol. The van der Waals surface area contributed by atoms with Gasteiger partial charge in [-0.1, -0.05) is 26.3 Å². The van der Waals surface area contributed by atoms with E-state index in [1.165, 1.54) is 0 Å². The van der Waals surface area contributed by atoms with Gasteiger partial charge in [0.1, 0.15) is 6.10 Å². The van der Waals surface area contributed by atoms with Gasteiger partial charge in [-0.25, -0.2) is 0 Å². The van der Waals surface area contributed by atoms with Crippen molar-refractivity contribution in [2.24, 2.45) is 34.5 Å². The highest BCUT2D eigenvalue weighted by Crippen LogP contribution is 2.66. The predicted octanol–water partition coefficient (Wildman–Crippen LogP) is 4.27. The maximum absolute atomic E-state index is 13.0. The molecule has 4 heteroatoms. The first-order chi connectivity index (χ1) is 12.7. The summed E-state index contributed by atoms with van der Waals surface area (Å²) >= 11 is 0. The van der Waals surface area contributed by atoms with Gasteiger partial charge in [-0.3, -0.25) is 14.4 Å². The van der Waals surface area contributed by atoms with E-state index >= 15 is 0 Å². The fourth-order valence-corrected chi connectivity index (χ4v) is 7.22. The molecule has 0 amide bonds. The largest absolute Gasteiger partial charge is 0.461 e. The maximum atomic E-state index is 13.0. The van der Waals surface area contributed by atoms with Crippen LogP contribution in [0.5, 0.6) is 0 Å². The molecule has 4 aliphatic rings. The molecule has 148 valence electrons. The normalized spacial score (nSPS) is 46.2. The van der Waals surface area contributed by atoms with E-state index in [0.717, 1.165) is 37.7 Å². The molecule has 4 nitrogen and oxygen atoms in total. The van der Waals surface area contributed by atoms with Crippen LogP contribution in [0.1, 0.15) is 72.6 Å². The van der Waals surface area contributed by atoms with Crippen LogP contribution in [-0.2, 0) is 19.1 Å². The van der Waals surface area contributed by atoms with Crippen LogP contribution in [0.2, 0.25) is 0 Å². The summed E-state index contributed by atoms with van der Waals surface area (Å²) in [6.07, 6.45) is 7.21. The minimum absolute atomic E-state index is 0.00993. The summed E-state index contributed by atoms with van der Waals surface area (Å²) < 4.78 is 5.93. The fourth-order valence-electron chi connectivity index (χ4n) is 7.22. The van der Waals surface area contributed by atoms with Crippen LogP contribution in [0.15, 0.2) is 11.6 Å². The highest BCUT2D eigenvalue weighted by molar-refractivity contribution is 6.11. The molecule has 0 aliphatic heterocycles. The van der Waals surface area contributed by atoms with E-state index in [-0.39, 0.29) is 35.5 Å². The van der Waals surface area contributed by atoms with Crippen molar-refractivity contribution < 1.29 is 19.1 Å². The summed E-state index contributed by atoms with van der Waals surface area (Å²) in [5.41, 5.74) is 0.629. The van der Waals surface area contributed by atoms with Crippen molar-refractivity contribution in [3.8, 4) is 0 Å². The molecule has 2 unspecified atom stereocenters. The molecule has 3 saturated carbocycles. The number of hydrogen-bond donors (Lipinski definition) is 0. The lowest BCUT2D eigenvalue weighted by Gasteiger charge is -2.56. The number of fused-ring (bicyclic) bond motifs is 5. The SMILES string of the molecule is CCC(=O)OC1C(C)C[C@H]2[C@@H]3CCC4=CC(=O)CC(=O)[C@]4(C)[C@H]3CC[C@]12C. The lowest BCUT2D eigenvalue weighted by molar-refractivity contribution is -0.162. The minimum atomic E-state index is -0.459. The first-order valence-corrected chi connectivity index (χ1v) is 10.7. The number of carbonyl (C=O) groups is 3. The Balaban J connectivity index is 1.66. The van der Waals surface area contributed by atoms with E-state index in [1.807, 2.05) is 6.92 Å². The van der Waals surface area contributed by atoms with Crippen molar-refractivity contribution in [3.63, 3.8) is 0 Å². The van der Waals surface area contributed by atoms with Gasteiger partial charge in [0.25, 0.3) is 0 Å². The maximum Gasteiger partial charge on any atom is 0.305 e. The van der Waals surface area contributed by atoms with E-state index in [9.17, 15) is 14.4 Å². The average Bonchev–Trinajstić information content (AvgIpc) is 2.87. The van der Waals surface area contributed by atoms with Crippen molar-refractivity contribution in [2.75, 3.05) is 0 Å². The van der Waals surface area contributed by atoms with Gasteiger partial charge in [0.05, 0.1) is 11.8 Å². The Labute approximate surface area is 162 Å². The summed E-state index contributed by atoms with van der Waals surface area (Å²) in [5, 5.41) is 0. The van der Waals surface area contributed by atoms with Crippen LogP contribution in [-0.4, -0.2) is 23.6 Å². The number of ketones is 2. The molecule has 27 heavy (non-hydrogen) atoms. The molecule has 7 atom stereocenters. The Hall–Kier alpha value is -1.45. The third-order valence-corrected chi connectivity index (χ3v) is 8.62. The van der Waals surface area contributed by atoms with E-state index in [1.54, 1.807) is 6.08 Å². The van der Waals surface area contributed by atoms with Gasteiger partial charge in [0, 0.05) is 11.8 Å². The molecule has 0 spiro atoms. The van der Waals surface area contributed by atoms with Gasteiger partial charge in [-0.05, 0) is 68.8 Å². The number of Topliss-reactive ketones (excluding diaryl/α,β-unsaturated/α-hetero) is 1. The van der Waals surface area contributed by atoms with Gasteiger partial charge in [0.15, 0.2) is 11.6 Å². The van der Waals surface area contributed by atoms with Crippen molar-refractivity contribution in [1.82, 2.24) is 0 Å². The Morgan fingerprint density at radius 3 is 2.67 bits per heavy atom. The standard InChI is InChI=1S/C23H32O4/c1-5-20(26)27-21-13(2)10-18-16-7-6-14-11-15(24)12-19(25)23(14,4)17(16)8-9-22(18,21)3/h11,13,16-18,21H,5-10,12H2,1-4H3/t13?,16-,17+,18+,21?,22+,23+/m1/s1. The zero-order valence-corrected chi connectivity index (χ0v) is 17.0. The molecule has 0 saturated heterocycles. The molecule has 0 aromatic carbocycles. The zero-order chi connectivity index (χ0) is 19.6. The van der Waals surface area contributed by atoms with Gasteiger partial charge in [-0.15, -0.1) is 0 Å². The first-order valence-electron chi connectivity index (χ1n) is 10.7. The van der Waals surface area contributed by atoms with Crippen LogP contribution >= 0.6 is 0 Å². The lowest BCUT2D eigenvalue weighted by Crippen LogP contribution is -2.54. The third kappa shape index (κ3) is 2.58. The summed E-state index contributed by atoms with van der Waals surface area (Å²) in [4.78, 5) is 36.9. The Morgan fingerprint density at radius 2 is 1.96 bits per heavy atom. The van der Waals surface area contributed by atoms with Crippen LogP contribution < -0.4 is 0 Å². The lowest BCUT2D eigenvalue weighted by atomic mass is 9.47. The van der Waals surface area contributed by atoms with E-state index in [4.69, 9.17) is 4.74 Å². The predicted molar refractivity (Wildman–Crippen MR) is 102 cm³/mol. The molecule has 3 fully saturated rings. The Bertz CT molecular complexity index is 722. The zero-order valence-electron chi connectivity index (χ0n) is 17.0. The molecule has 0 radical (unpaired) electrons. The smallest absolute Gasteiger partial charge is 0.305 e. The van der Waals surface area contributed by atoms with E-state index in [2.05, 4.69) is 20.8 Å². The van der Waals surface area contributed by atoms with Gasteiger partial charge in [0.2, 0.25) is 0 Å². The summed E-state index contributed by atoms with van der Waals surface area (Å²) in [7, 11) is 0. The van der Waals surface area contributed by atoms with E-state index < -0.39 is 5.41 Å². The van der Waals surface area contributed by atoms with Crippen molar-refractivity contribution in [3.05, 3.63) is 11.6 Å². The molecular weight excluding hydrogens is 340 g/mol. The minimum Gasteiger partial charge on any atom is -0.461 e. The number of esters is 1. The quantitative estimate of drug-likeness (QED) is 0.537. The summed E-state index contributed by atoms with van der Waals surface area (Å²) in [6, 6.07) is 0. The van der Waals surface area contributed by atoms with Crippen molar-refractivity contribution in [1.29, 1.82) is 0 Å². The molecule has 0 N–H and O–H groups in total. The number of hydrogen-bond acceptors (Lipinski definition) is 4. The Kier molecular flexibility index (Phi) is 4.40. The molecule has 4 rings (SSSR count). The molecule has 0 aromatic rings. The van der Waals surface area contributed by atoms with Gasteiger partial charge >= 0.3 is 5.97 Å². The summed E-state index contributed by atoms with van der Waals surface area (Å²) in [5.74, 6) is 1.67. The Morgan fingerprint density at radius 1 is 1.22 bits per heavy atom. The van der Waals surface area contributed by atoms with Crippen molar-refractivity contribution in [2.45, 2.75) is 78.7 Å². The fraction of sp³-hybridized carbons (Fsp3) is 0.783. The van der Waals surface area contributed by atoms with E-state index in [0.29, 0.717) is 30.1 Å². The number of allylic oxidation sites excluding steroid dienone is 1. The highest BCUT2D eigenvalue weighted by atomic mass is 16.5. The second kappa shape index (κ2) is 6.28. The molecule has 4 aliphatic carbocycles. The van der Waals surface area contributed by atoms with Crippen LogP contribution in [0.3, 0.4) is 0 Å². The topological polar surface area (TPSA) is 60.4 Å². The molecule has 0 heterocycles. The van der Waals surface area contributed by atoms with Crippen LogP contribution in [0, 0.1) is 34.5 Å². The second-order valence-electron chi connectivity index (χ2n) is 9.88. The number of ether oxygens (including phenoxy) is 1. The van der Waals surface area contributed by atoms with Crippen molar-refractivity contribution >= 4 is 17.5 Å². The molecular formula is C23H32O4. The van der Waals surface area contributed by atoms with Gasteiger partial charge < -0.3 is 4.74 Å².